The van der Waals surface area contributed by atoms with Gasteiger partial charge in [0.1, 0.15) is 0 Å². The van der Waals surface area contributed by atoms with E-state index in [1.54, 1.807) is 0 Å². The SMILES string of the molecule is CCC(C#N)NC(C)CC(N)=O. The molecule has 1 amide bonds. The number of hydrogen-bond donors (Lipinski definition) is 2. The minimum absolute atomic E-state index is 0.0212. The molecule has 0 aliphatic heterocycles. The number of carbonyl (C=O) groups excluding carboxylic acids is 1. The number of amides is 1. The van der Waals surface area contributed by atoms with Crippen molar-refractivity contribution >= 4 is 5.91 Å². The monoisotopic (exact) mass is 169 g/mol. The van der Waals surface area contributed by atoms with Crippen molar-refractivity contribution in [2.45, 2.75) is 38.8 Å². The molecule has 0 heterocycles. The van der Waals surface area contributed by atoms with Gasteiger partial charge < -0.3 is 5.73 Å². The lowest BCUT2D eigenvalue weighted by Gasteiger charge is -2.14. The fraction of sp³-hybridized carbons (Fsp3) is 0.750. The number of primary amides is 1. The molecule has 0 rings (SSSR count). The summed E-state index contributed by atoms with van der Waals surface area (Å²) in [4.78, 5) is 10.5. The third-order valence-electron chi connectivity index (χ3n) is 1.56. The Morgan fingerprint density at radius 3 is 2.67 bits per heavy atom. The van der Waals surface area contributed by atoms with Crippen molar-refractivity contribution < 1.29 is 4.79 Å². The zero-order chi connectivity index (χ0) is 9.56. The first kappa shape index (κ1) is 10.9. The van der Waals surface area contributed by atoms with Gasteiger partial charge in [0.05, 0.1) is 12.1 Å². The van der Waals surface area contributed by atoms with E-state index in [1.807, 2.05) is 13.8 Å². The van der Waals surface area contributed by atoms with Crippen LogP contribution in [-0.4, -0.2) is 18.0 Å². The second-order valence-electron chi connectivity index (χ2n) is 2.83. The fourth-order valence-corrected chi connectivity index (χ4v) is 0.951. The Hall–Kier alpha value is -1.08. The average molecular weight is 169 g/mol. The summed E-state index contributed by atoms with van der Waals surface area (Å²) in [5, 5.41) is 11.6. The highest BCUT2D eigenvalue weighted by Gasteiger charge is 2.10. The Morgan fingerprint density at radius 2 is 2.33 bits per heavy atom. The van der Waals surface area contributed by atoms with Crippen LogP contribution in [-0.2, 0) is 4.79 Å². The summed E-state index contributed by atoms with van der Waals surface area (Å²) in [5.41, 5.74) is 4.99. The number of nitrogens with zero attached hydrogens (tertiary/aromatic N) is 1. The molecule has 0 aromatic rings. The zero-order valence-electron chi connectivity index (χ0n) is 7.50. The summed E-state index contributed by atoms with van der Waals surface area (Å²) in [6.07, 6.45) is 1.01. The lowest BCUT2D eigenvalue weighted by Crippen LogP contribution is -2.37. The van der Waals surface area contributed by atoms with E-state index < -0.39 is 0 Å². The van der Waals surface area contributed by atoms with Gasteiger partial charge in [-0.2, -0.15) is 5.26 Å². The molecule has 0 aromatic heterocycles. The molecule has 0 fully saturated rings. The van der Waals surface area contributed by atoms with Crippen LogP contribution in [0.1, 0.15) is 26.7 Å². The number of nitrogens with one attached hydrogen (secondary N) is 1. The molecule has 0 saturated carbocycles. The summed E-state index contributed by atoms with van der Waals surface area (Å²) in [5.74, 6) is -0.345. The summed E-state index contributed by atoms with van der Waals surface area (Å²) in [7, 11) is 0. The number of carbonyl (C=O) groups is 1. The molecule has 0 saturated heterocycles. The van der Waals surface area contributed by atoms with E-state index in [1.165, 1.54) is 0 Å². The van der Waals surface area contributed by atoms with Gasteiger partial charge in [0.25, 0.3) is 0 Å². The van der Waals surface area contributed by atoms with Crippen LogP contribution in [0, 0.1) is 11.3 Å². The minimum atomic E-state index is -0.345. The molecule has 0 aliphatic carbocycles. The van der Waals surface area contributed by atoms with Gasteiger partial charge in [0.15, 0.2) is 0 Å². The van der Waals surface area contributed by atoms with E-state index in [-0.39, 0.29) is 24.4 Å². The quantitative estimate of drug-likeness (QED) is 0.614. The molecule has 2 atom stereocenters. The van der Waals surface area contributed by atoms with Gasteiger partial charge >= 0.3 is 0 Å². The van der Waals surface area contributed by atoms with Gasteiger partial charge in [-0.05, 0) is 13.3 Å². The van der Waals surface area contributed by atoms with Gasteiger partial charge in [-0.15, -0.1) is 0 Å². The van der Waals surface area contributed by atoms with Gasteiger partial charge in [-0.25, -0.2) is 0 Å². The normalized spacial score (nSPS) is 14.8. The molecule has 3 N–H and O–H groups in total. The van der Waals surface area contributed by atoms with E-state index in [0.717, 1.165) is 6.42 Å². The van der Waals surface area contributed by atoms with Crippen LogP contribution in [0.2, 0.25) is 0 Å². The summed E-state index contributed by atoms with van der Waals surface area (Å²) in [6, 6.07) is 1.89. The highest BCUT2D eigenvalue weighted by molar-refractivity contribution is 5.74. The highest BCUT2D eigenvalue weighted by atomic mass is 16.1. The van der Waals surface area contributed by atoms with Crippen molar-refractivity contribution in [3.8, 4) is 6.07 Å². The Kier molecular flexibility index (Phi) is 5.06. The Labute approximate surface area is 72.7 Å². The maximum Gasteiger partial charge on any atom is 0.218 e. The van der Waals surface area contributed by atoms with Crippen LogP contribution in [0.25, 0.3) is 0 Å². The summed E-state index contributed by atoms with van der Waals surface area (Å²) in [6.45, 7) is 3.75. The molecular formula is C8H15N3O. The third-order valence-corrected chi connectivity index (χ3v) is 1.56. The largest absolute Gasteiger partial charge is 0.370 e. The number of hydrogen-bond acceptors (Lipinski definition) is 3. The fourth-order valence-electron chi connectivity index (χ4n) is 0.951. The van der Waals surface area contributed by atoms with E-state index in [9.17, 15) is 4.79 Å². The minimum Gasteiger partial charge on any atom is -0.370 e. The van der Waals surface area contributed by atoms with Gasteiger partial charge in [0.2, 0.25) is 5.91 Å². The van der Waals surface area contributed by atoms with E-state index in [4.69, 9.17) is 11.0 Å². The number of nitriles is 1. The first-order valence-corrected chi connectivity index (χ1v) is 4.04. The molecule has 0 radical (unpaired) electrons. The molecule has 4 nitrogen and oxygen atoms in total. The van der Waals surface area contributed by atoms with Gasteiger partial charge in [-0.3, -0.25) is 10.1 Å². The summed E-state index contributed by atoms with van der Waals surface area (Å²) < 4.78 is 0. The molecule has 0 aliphatic rings. The maximum absolute atomic E-state index is 10.5. The van der Waals surface area contributed by atoms with Crippen molar-refractivity contribution in [2.24, 2.45) is 5.73 Å². The molecule has 0 aromatic carbocycles. The molecule has 4 heteroatoms. The van der Waals surface area contributed by atoms with E-state index >= 15 is 0 Å². The lowest BCUT2D eigenvalue weighted by molar-refractivity contribution is -0.118. The van der Waals surface area contributed by atoms with Crippen molar-refractivity contribution in [3.05, 3.63) is 0 Å². The first-order chi connectivity index (χ1) is 5.60. The molecular weight excluding hydrogens is 154 g/mol. The van der Waals surface area contributed by atoms with Crippen molar-refractivity contribution in [3.63, 3.8) is 0 Å². The predicted octanol–water partition coefficient (Wildman–Crippen LogP) is 0.142. The second kappa shape index (κ2) is 5.56. The van der Waals surface area contributed by atoms with E-state index in [0.29, 0.717) is 0 Å². The lowest BCUT2D eigenvalue weighted by atomic mass is 10.1. The maximum atomic E-state index is 10.5. The summed E-state index contributed by atoms with van der Waals surface area (Å²) >= 11 is 0. The van der Waals surface area contributed by atoms with Crippen LogP contribution in [0.5, 0.6) is 0 Å². The molecule has 68 valence electrons. The Morgan fingerprint density at radius 1 is 1.75 bits per heavy atom. The molecule has 12 heavy (non-hydrogen) atoms. The standard InChI is InChI=1S/C8H15N3O/c1-3-7(5-9)11-6(2)4-8(10)12/h6-7,11H,3-4H2,1-2H3,(H2,10,12). The second-order valence-corrected chi connectivity index (χ2v) is 2.83. The Balaban J connectivity index is 3.75. The van der Waals surface area contributed by atoms with Gasteiger partial charge in [-0.1, -0.05) is 6.92 Å². The van der Waals surface area contributed by atoms with Crippen molar-refractivity contribution in [2.75, 3.05) is 0 Å². The van der Waals surface area contributed by atoms with Crippen LogP contribution in [0.15, 0.2) is 0 Å². The Bertz CT molecular complexity index is 185. The molecule has 0 spiro atoms. The van der Waals surface area contributed by atoms with Crippen LogP contribution >= 0.6 is 0 Å². The average Bonchev–Trinajstić information content (AvgIpc) is 1.98. The first-order valence-electron chi connectivity index (χ1n) is 4.04. The highest BCUT2D eigenvalue weighted by Crippen LogP contribution is 1.95. The number of nitrogens with two attached hydrogens (primary N) is 1. The predicted molar refractivity (Wildman–Crippen MR) is 46.1 cm³/mol. The van der Waals surface area contributed by atoms with Crippen LogP contribution in [0.4, 0.5) is 0 Å². The topological polar surface area (TPSA) is 78.9 Å². The third kappa shape index (κ3) is 4.69. The molecule has 2 unspecified atom stereocenters. The molecule has 0 bridgehead atoms. The number of rotatable bonds is 5. The van der Waals surface area contributed by atoms with Gasteiger partial charge in [0, 0.05) is 12.5 Å². The van der Waals surface area contributed by atoms with Crippen molar-refractivity contribution in [1.82, 2.24) is 5.32 Å². The zero-order valence-corrected chi connectivity index (χ0v) is 7.50. The smallest absolute Gasteiger partial charge is 0.218 e. The van der Waals surface area contributed by atoms with Crippen LogP contribution < -0.4 is 11.1 Å². The van der Waals surface area contributed by atoms with Crippen LogP contribution in [0.3, 0.4) is 0 Å². The van der Waals surface area contributed by atoms with E-state index in [2.05, 4.69) is 11.4 Å². The van der Waals surface area contributed by atoms with Crippen molar-refractivity contribution in [1.29, 1.82) is 5.26 Å².